The summed E-state index contributed by atoms with van der Waals surface area (Å²) in [5.41, 5.74) is 1.08. The van der Waals surface area contributed by atoms with Crippen LogP contribution in [0.2, 0.25) is 0 Å². The van der Waals surface area contributed by atoms with Gasteiger partial charge in [-0.1, -0.05) is 30.3 Å². The van der Waals surface area contributed by atoms with E-state index >= 15 is 0 Å². The predicted molar refractivity (Wildman–Crippen MR) is 71.0 cm³/mol. The Labute approximate surface area is 105 Å². The minimum atomic E-state index is -0.121. The van der Waals surface area contributed by atoms with Gasteiger partial charge < -0.3 is 9.47 Å². The molecular formula is C15H24O2. The Hall–Kier alpha value is -0.860. The monoisotopic (exact) mass is 236 g/mol. The fourth-order valence-electron chi connectivity index (χ4n) is 1.59. The largest absolute Gasteiger partial charge is 0.371 e. The first-order chi connectivity index (χ1) is 7.88. The molecule has 0 aliphatic rings. The first-order valence-electron chi connectivity index (χ1n) is 6.22. The Bertz CT molecular complexity index is 313. The molecule has 0 aliphatic carbocycles. The van der Waals surface area contributed by atoms with Crippen molar-refractivity contribution in [3.05, 3.63) is 35.9 Å². The molecule has 0 N–H and O–H groups in total. The third-order valence-corrected chi connectivity index (χ3v) is 2.56. The predicted octanol–water partition coefficient (Wildman–Crippen LogP) is 3.80. The smallest absolute Gasteiger partial charge is 0.0813 e. The van der Waals surface area contributed by atoms with Crippen LogP contribution >= 0.6 is 0 Å². The van der Waals surface area contributed by atoms with Gasteiger partial charge in [0, 0.05) is 0 Å². The molecule has 0 saturated carbocycles. The molecule has 2 heteroatoms. The van der Waals surface area contributed by atoms with Crippen molar-refractivity contribution in [2.75, 3.05) is 0 Å². The quantitative estimate of drug-likeness (QED) is 0.774. The molecule has 96 valence electrons. The van der Waals surface area contributed by atoms with Crippen LogP contribution in [0.25, 0.3) is 0 Å². The van der Waals surface area contributed by atoms with Crippen molar-refractivity contribution in [2.24, 2.45) is 0 Å². The molecule has 17 heavy (non-hydrogen) atoms. The summed E-state index contributed by atoms with van der Waals surface area (Å²) >= 11 is 0. The summed E-state index contributed by atoms with van der Waals surface area (Å²) in [7, 11) is 0. The molecule has 2 atom stereocenters. The zero-order chi connectivity index (χ0) is 12.9. The van der Waals surface area contributed by atoms with Crippen LogP contribution in [0.1, 0.15) is 40.2 Å². The molecule has 0 fully saturated rings. The average molecular weight is 236 g/mol. The molecule has 0 saturated heterocycles. The zero-order valence-electron chi connectivity index (χ0n) is 11.6. The molecule has 1 aromatic carbocycles. The Morgan fingerprint density at radius 2 is 1.59 bits per heavy atom. The number of hydrogen-bond donors (Lipinski definition) is 0. The van der Waals surface area contributed by atoms with E-state index in [4.69, 9.17) is 9.47 Å². The van der Waals surface area contributed by atoms with E-state index in [1.165, 1.54) is 5.56 Å². The second-order valence-corrected chi connectivity index (χ2v) is 5.44. The molecule has 1 rings (SSSR count). The molecule has 0 aromatic heterocycles. The summed E-state index contributed by atoms with van der Waals surface area (Å²) in [6.45, 7) is 10.9. The summed E-state index contributed by atoms with van der Waals surface area (Å²) in [5.74, 6) is 0. The maximum Gasteiger partial charge on any atom is 0.0813 e. The van der Waals surface area contributed by atoms with Gasteiger partial charge in [-0.25, -0.2) is 0 Å². The van der Waals surface area contributed by atoms with Crippen LogP contribution < -0.4 is 0 Å². The second-order valence-electron chi connectivity index (χ2n) is 5.44. The van der Waals surface area contributed by atoms with E-state index in [-0.39, 0.29) is 17.8 Å². The number of ether oxygens (including phenoxy) is 2. The van der Waals surface area contributed by atoms with Gasteiger partial charge in [-0.2, -0.15) is 0 Å². The van der Waals surface area contributed by atoms with Gasteiger partial charge in [0.25, 0.3) is 0 Å². The van der Waals surface area contributed by atoms with Crippen LogP contribution in [0, 0.1) is 0 Å². The highest BCUT2D eigenvalue weighted by atomic mass is 16.6. The fourth-order valence-corrected chi connectivity index (χ4v) is 1.59. The SMILES string of the molecule is CC(OCc1ccccc1)C(C)OC(C)(C)C. The summed E-state index contributed by atoms with van der Waals surface area (Å²) < 4.78 is 11.7. The van der Waals surface area contributed by atoms with Crippen LogP contribution in [0.5, 0.6) is 0 Å². The van der Waals surface area contributed by atoms with Crippen LogP contribution in [-0.2, 0) is 16.1 Å². The molecule has 0 spiro atoms. The topological polar surface area (TPSA) is 18.5 Å². The van der Waals surface area contributed by atoms with Gasteiger partial charge in [0.05, 0.1) is 24.4 Å². The summed E-state index contributed by atoms with van der Waals surface area (Å²) in [6.07, 6.45) is 0.188. The highest BCUT2D eigenvalue weighted by molar-refractivity contribution is 5.13. The molecule has 2 unspecified atom stereocenters. The Kier molecular flexibility index (Phi) is 5.16. The standard InChI is InChI=1S/C15H24O2/c1-12(13(2)17-15(3,4)5)16-11-14-9-7-6-8-10-14/h6-10,12-13H,11H2,1-5H3. The van der Waals surface area contributed by atoms with Crippen molar-refractivity contribution in [2.45, 2.75) is 59.0 Å². The van der Waals surface area contributed by atoms with Crippen molar-refractivity contribution in [1.82, 2.24) is 0 Å². The van der Waals surface area contributed by atoms with Gasteiger partial charge in [0.15, 0.2) is 0 Å². The molecule has 0 heterocycles. The highest BCUT2D eigenvalue weighted by Gasteiger charge is 2.20. The number of hydrogen-bond acceptors (Lipinski definition) is 2. The van der Waals surface area contributed by atoms with Crippen LogP contribution in [0.4, 0.5) is 0 Å². The summed E-state index contributed by atoms with van der Waals surface area (Å²) in [4.78, 5) is 0. The van der Waals surface area contributed by atoms with Crippen molar-refractivity contribution in [3.8, 4) is 0 Å². The third kappa shape index (κ3) is 5.85. The number of rotatable bonds is 5. The van der Waals surface area contributed by atoms with Gasteiger partial charge in [-0.3, -0.25) is 0 Å². The van der Waals surface area contributed by atoms with Gasteiger partial charge in [-0.15, -0.1) is 0 Å². The molecule has 0 radical (unpaired) electrons. The maximum absolute atomic E-state index is 5.86. The summed E-state index contributed by atoms with van der Waals surface area (Å²) in [5, 5.41) is 0. The van der Waals surface area contributed by atoms with Gasteiger partial charge in [-0.05, 0) is 40.2 Å². The first-order valence-corrected chi connectivity index (χ1v) is 6.22. The lowest BCUT2D eigenvalue weighted by molar-refractivity contribution is -0.119. The molecule has 1 aromatic rings. The molecule has 0 aliphatic heterocycles. The number of benzene rings is 1. The van der Waals surface area contributed by atoms with E-state index in [9.17, 15) is 0 Å². The van der Waals surface area contributed by atoms with Crippen molar-refractivity contribution >= 4 is 0 Å². The van der Waals surface area contributed by atoms with E-state index in [1.54, 1.807) is 0 Å². The van der Waals surface area contributed by atoms with E-state index in [2.05, 4.69) is 46.8 Å². The molecule has 2 nitrogen and oxygen atoms in total. The van der Waals surface area contributed by atoms with Gasteiger partial charge in [0.1, 0.15) is 0 Å². The minimum Gasteiger partial charge on any atom is -0.371 e. The second kappa shape index (κ2) is 6.18. The lowest BCUT2D eigenvalue weighted by atomic mass is 10.1. The first kappa shape index (κ1) is 14.2. The highest BCUT2D eigenvalue weighted by Crippen LogP contribution is 2.15. The Morgan fingerprint density at radius 1 is 1.00 bits per heavy atom. The molecule has 0 bridgehead atoms. The van der Waals surface area contributed by atoms with E-state index in [1.807, 2.05) is 18.2 Å². The van der Waals surface area contributed by atoms with Crippen LogP contribution in [0.15, 0.2) is 30.3 Å². The van der Waals surface area contributed by atoms with E-state index in [0.29, 0.717) is 6.61 Å². The lowest BCUT2D eigenvalue weighted by Gasteiger charge is -2.29. The fraction of sp³-hybridized carbons (Fsp3) is 0.600. The molecule has 0 amide bonds. The van der Waals surface area contributed by atoms with Crippen molar-refractivity contribution in [3.63, 3.8) is 0 Å². The van der Waals surface area contributed by atoms with Gasteiger partial charge >= 0.3 is 0 Å². The van der Waals surface area contributed by atoms with Crippen molar-refractivity contribution < 1.29 is 9.47 Å². The lowest BCUT2D eigenvalue weighted by Crippen LogP contribution is -2.33. The van der Waals surface area contributed by atoms with Crippen LogP contribution in [-0.4, -0.2) is 17.8 Å². The average Bonchev–Trinajstić information content (AvgIpc) is 2.25. The zero-order valence-corrected chi connectivity index (χ0v) is 11.6. The third-order valence-electron chi connectivity index (χ3n) is 2.56. The van der Waals surface area contributed by atoms with Crippen molar-refractivity contribution in [1.29, 1.82) is 0 Å². The Morgan fingerprint density at radius 3 is 2.12 bits per heavy atom. The van der Waals surface area contributed by atoms with Crippen LogP contribution in [0.3, 0.4) is 0 Å². The van der Waals surface area contributed by atoms with E-state index < -0.39 is 0 Å². The minimum absolute atomic E-state index is 0.0921. The Balaban J connectivity index is 2.37. The normalized spacial score (nSPS) is 15.6. The maximum atomic E-state index is 5.86. The summed E-state index contributed by atoms with van der Waals surface area (Å²) in [6, 6.07) is 10.2. The molecular weight excluding hydrogens is 212 g/mol. The van der Waals surface area contributed by atoms with Gasteiger partial charge in [0.2, 0.25) is 0 Å². The van der Waals surface area contributed by atoms with E-state index in [0.717, 1.165) is 0 Å².